The van der Waals surface area contributed by atoms with Crippen LogP contribution in [0, 0.1) is 6.92 Å². The molecule has 0 spiro atoms. The average Bonchev–Trinajstić information content (AvgIpc) is 3.67. The van der Waals surface area contributed by atoms with Crippen LogP contribution in [0.25, 0.3) is 5.76 Å². The fourth-order valence-corrected chi connectivity index (χ4v) is 6.40. The van der Waals surface area contributed by atoms with Crippen LogP contribution in [0.5, 0.6) is 0 Å². The predicted octanol–water partition coefficient (Wildman–Crippen LogP) is 3.46. The summed E-state index contributed by atoms with van der Waals surface area (Å²) in [4.78, 5) is 29.6. The molecule has 2 bridgehead atoms. The predicted molar refractivity (Wildman–Crippen MR) is 143 cm³/mol. The maximum atomic E-state index is 13.0. The van der Waals surface area contributed by atoms with E-state index in [-0.39, 0.29) is 0 Å². The van der Waals surface area contributed by atoms with E-state index in [9.17, 15) is 4.79 Å². The Morgan fingerprint density at radius 2 is 1.92 bits per heavy atom. The van der Waals surface area contributed by atoms with Crippen molar-refractivity contribution in [3.63, 3.8) is 0 Å². The first-order chi connectivity index (χ1) is 18.0. The number of nitrogens with zero attached hydrogens (tertiary/aromatic N) is 6. The molecular formula is C27H38N8O2. The van der Waals surface area contributed by atoms with Crippen molar-refractivity contribution < 1.29 is 9.53 Å². The Hall–Kier alpha value is -3.14. The molecule has 3 saturated heterocycles. The van der Waals surface area contributed by atoms with Crippen molar-refractivity contribution in [1.29, 1.82) is 0 Å². The average molecular weight is 507 g/mol. The third-order valence-electron chi connectivity index (χ3n) is 8.37. The summed E-state index contributed by atoms with van der Waals surface area (Å²) >= 11 is 0. The van der Waals surface area contributed by atoms with Gasteiger partial charge in [0.05, 0.1) is 13.2 Å². The lowest BCUT2D eigenvalue weighted by atomic mass is 9.81. The number of nitrogens with one attached hydrogen (secondary N) is 2. The van der Waals surface area contributed by atoms with E-state index < -0.39 is 0 Å². The largest absolute Gasteiger partial charge is 0.491 e. The van der Waals surface area contributed by atoms with Crippen molar-refractivity contribution in [3.8, 4) is 0 Å². The summed E-state index contributed by atoms with van der Waals surface area (Å²) in [5.41, 5.74) is 1.77. The van der Waals surface area contributed by atoms with Gasteiger partial charge in [-0.15, -0.1) is 0 Å². The first kappa shape index (κ1) is 24.2. The smallest absolute Gasteiger partial charge is 0.236 e. The van der Waals surface area contributed by atoms with Gasteiger partial charge in [-0.2, -0.15) is 10.1 Å². The summed E-state index contributed by atoms with van der Waals surface area (Å²) < 4.78 is 5.84. The zero-order valence-electron chi connectivity index (χ0n) is 21.9. The summed E-state index contributed by atoms with van der Waals surface area (Å²) in [6.45, 7) is 5.08. The third kappa shape index (κ3) is 5.16. The molecule has 1 unspecified atom stereocenters. The molecule has 0 aliphatic carbocycles. The molecule has 2 N–H and O–H groups in total. The molecule has 2 aromatic heterocycles. The van der Waals surface area contributed by atoms with E-state index in [4.69, 9.17) is 14.7 Å². The van der Waals surface area contributed by atoms with Crippen LogP contribution >= 0.6 is 0 Å². The van der Waals surface area contributed by atoms with Crippen LogP contribution in [0.15, 0.2) is 18.2 Å². The first-order valence-corrected chi connectivity index (χ1v) is 13.8. The van der Waals surface area contributed by atoms with E-state index in [0.717, 1.165) is 81.0 Å². The highest BCUT2D eigenvalue weighted by Gasteiger charge is 2.41. The number of likely N-dealkylation sites (tertiary alicyclic amines) is 1. The topological polar surface area (TPSA) is 103 Å². The second-order valence-electron chi connectivity index (χ2n) is 10.9. The number of hydrogen-bond donors (Lipinski definition) is 2. The molecule has 0 aromatic carbocycles. The van der Waals surface area contributed by atoms with Crippen LogP contribution in [0.3, 0.4) is 0 Å². The van der Waals surface area contributed by atoms with Crippen LogP contribution in [-0.2, 0) is 9.53 Å². The molecule has 0 saturated carbocycles. The lowest BCUT2D eigenvalue weighted by Crippen LogP contribution is -2.58. The minimum Gasteiger partial charge on any atom is -0.491 e. The number of aromatic nitrogens is 4. The molecule has 2 aromatic rings. The lowest BCUT2D eigenvalue weighted by molar-refractivity contribution is -0.134. The molecular weight excluding hydrogens is 468 g/mol. The van der Waals surface area contributed by atoms with Gasteiger partial charge in [0.1, 0.15) is 17.3 Å². The van der Waals surface area contributed by atoms with Crippen LogP contribution in [0.2, 0.25) is 0 Å². The number of carbonyl (C=O) groups is 1. The number of rotatable bonds is 7. The molecule has 3 atom stereocenters. The van der Waals surface area contributed by atoms with Crippen molar-refractivity contribution in [3.05, 3.63) is 29.6 Å². The second-order valence-corrected chi connectivity index (χ2v) is 10.9. The Morgan fingerprint density at radius 1 is 1.14 bits per heavy atom. The molecule has 10 heteroatoms. The van der Waals surface area contributed by atoms with Crippen LogP contribution in [0.4, 0.5) is 17.6 Å². The van der Waals surface area contributed by atoms with Crippen LogP contribution in [0.1, 0.15) is 62.8 Å². The molecule has 4 aliphatic rings. The van der Waals surface area contributed by atoms with Gasteiger partial charge >= 0.3 is 0 Å². The maximum absolute atomic E-state index is 13.0. The van der Waals surface area contributed by atoms with Crippen molar-refractivity contribution in [2.24, 2.45) is 0 Å². The Morgan fingerprint density at radius 3 is 2.59 bits per heavy atom. The SMILES string of the molecule is Cc1cc(Nc2cc(C3=CCCO3)nc(N(C)C3C[C@H]4CCC[C@@H](C3)N4CC(=O)N3CCCC3)n2)n[nH]1. The van der Waals surface area contributed by atoms with Crippen molar-refractivity contribution in [2.75, 3.05) is 43.5 Å². The zero-order chi connectivity index (χ0) is 25.4. The molecule has 3 fully saturated rings. The van der Waals surface area contributed by atoms with Crippen molar-refractivity contribution in [2.45, 2.75) is 76.4 Å². The van der Waals surface area contributed by atoms with Gasteiger partial charge in [0.2, 0.25) is 11.9 Å². The Balaban J connectivity index is 1.21. The normalized spacial score (nSPS) is 25.6. The Bertz CT molecular complexity index is 1140. The molecule has 37 heavy (non-hydrogen) atoms. The highest BCUT2D eigenvalue weighted by atomic mass is 16.5. The fourth-order valence-electron chi connectivity index (χ4n) is 6.40. The summed E-state index contributed by atoms with van der Waals surface area (Å²) in [5, 5.41) is 10.6. The van der Waals surface area contributed by atoms with E-state index in [1.54, 1.807) is 0 Å². The number of aromatic amines is 1. The highest BCUT2D eigenvalue weighted by Crippen LogP contribution is 2.37. The molecule has 4 aliphatic heterocycles. The van der Waals surface area contributed by atoms with Gasteiger partial charge in [0.15, 0.2) is 5.82 Å². The molecule has 6 heterocycles. The molecule has 0 radical (unpaired) electrons. The maximum Gasteiger partial charge on any atom is 0.236 e. The number of piperidine rings is 2. The summed E-state index contributed by atoms with van der Waals surface area (Å²) in [6, 6.07) is 5.07. The summed E-state index contributed by atoms with van der Waals surface area (Å²) in [6.07, 6.45) is 10.9. The number of ether oxygens (including phenoxy) is 1. The second kappa shape index (κ2) is 10.3. The summed E-state index contributed by atoms with van der Waals surface area (Å²) in [7, 11) is 2.11. The van der Waals surface area contributed by atoms with Gasteiger partial charge in [0.25, 0.3) is 0 Å². The number of fused-ring (bicyclic) bond motifs is 2. The Kier molecular flexibility index (Phi) is 6.75. The quantitative estimate of drug-likeness (QED) is 0.589. The number of hydrogen-bond acceptors (Lipinski definition) is 8. The summed E-state index contributed by atoms with van der Waals surface area (Å²) in [5.74, 6) is 3.23. The fraction of sp³-hybridized carbons (Fsp3) is 0.630. The highest BCUT2D eigenvalue weighted by molar-refractivity contribution is 5.78. The van der Waals surface area contributed by atoms with Crippen molar-refractivity contribution in [1.82, 2.24) is 30.0 Å². The number of aryl methyl sites for hydroxylation is 1. The van der Waals surface area contributed by atoms with E-state index in [0.29, 0.717) is 49.0 Å². The van der Waals surface area contributed by atoms with Crippen molar-refractivity contribution >= 4 is 29.3 Å². The van der Waals surface area contributed by atoms with Gasteiger partial charge in [-0.25, -0.2) is 4.98 Å². The molecule has 1 amide bonds. The third-order valence-corrected chi connectivity index (χ3v) is 8.37. The lowest BCUT2D eigenvalue weighted by Gasteiger charge is -2.50. The number of anilines is 3. The van der Waals surface area contributed by atoms with Gasteiger partial charge in [-0.1, -0.05) is 6.42 Å². The van der Waals surface area contributed by atoms with Gasteiger partial charge in [-0.05, 0) is 51.5 Å². The van der Waals surface area contributed by atoms with E-state index in [2.05, 4.69) is 43.3 Å². The molecule has 6 rings (SSSR count). The minimum atomic E-state index is 0.311. The van der Waals surface area contributed by atoms with Crippen LogP contribution in [-0.4, -0.2) is 87.3 Å². The van der Waals surface area contributed by atoms with Gasteiger partial charge in [-0.3, -0.25) is 14.8 Å². The van der Waals surface area contributed by atoms with Crippen LogP contribution < -0.4 is 10.2 Å². The minimum absolute atomic E-state index is 0.311. The van der Waals surface area contributed by atoms with E-state index >= 15 is 0 Å². The zero-order valence-corrected chi connectivity index (χ0v) is 21.9. The molecule has 198 valence electrons. The van der Waals surface area contributed by atoms with Gasteiger partial charge < -0.3 is 19.9 Å². The van der Waals surface area contributed by atoms with E-state index in [1.807, 2.05) is 19.1 Å². The van der Waals surface area contributed by atoms with Gasteiger partial charge in [0, 0.05) is 62.5 Å². The number of amides is 1. The monoisotopic (exact) mass is 506 g/mol. The standard InChI is InChI=1S/C27H38N8O2/c1-18-13-25(32-31-18)29-24-16-22(23-9-6-12-37-23)28-27(30-24)33(2)21-14-19-7-5-8-20(15-21)35(19)17-26(36)34-10-3-4-11-34/h9,13,16,19-21H,3-8,10-12,14-15,17H2,1-2H3,(H2,28,29,30,31,32)/t19-,20+,21?. The molecule has 10 nitrogen and oxygen atoms in total. The Labute approximate surface area is 218 Å². The number of H-pyrrole nitrogens is 1. The van der Waals surface area contributed by atoms with E-state index in [1.165, 1.54) is 6.42 Å². The number of carbonyl (C=O) groups excluding carboxylic acids is 1. The first-order valence-electron chi connectivity index (χ1n) is 13.8.